The molecule has 1 atom stereocenters. The molecule has 24 heavy (non-hydrogen) atoms. The molecule has 0 bridgehead atoms. The van der Waals surface area contributed by atoms with Gasteiger partial charge in [0.1, 0.15) is 4.88 Å². The van der Waals surface area contributed by atoms with Crippen molar-refractivity contribution in [1.29, 1.82) is 0 Å². The van der Waals surface area contributed by atoms with Crippen LogP contribution < -0.4 is 0 Å². The summed E-state index contributed by atoms with van der Waals surface area (Å²) in [4.78, 5) is 19.8. The van der Waals surface area contributed by atoms with Gasteiger partial charge in [0.15, 0.2) is 0 Å². The smallest absolute Gasteiger partial charge is 0.277 e. The molecule has 0 radical (unpaired) electrons. The van der Waals surface area contributed by atoms with Crippen molar-refractivity contribution < 1.29 is 9.21 Å². The number of likely N-dealkylation sites (tertiary alicyclic amines) is 1. The molecule has 0 aliphatic carbocycles. The SMILES string of the molecule is Cc1nc(C)c(-c2nnc(SC(C)C(=O)N3CCCCCC3)o2)s1. The Morgan fingerprint density at radius 2 is 1.92 bits per heavy atom. The molecule has 0 N–H and O–H groups in total. The summed E-state index contributed by atoms with van der Waals surface area (Å²) in [5.74, 6) is 0.640. The highest BCUT2D eigenvalue weighted by atomic mass is 32.2. The zero-order valence-corrected chi connectivity index (χ0v) is 15.9. The van der Waals surface area contributed by atoms with Crippen molar-refractivity contribution in [1.82, 2.24) is 20.1 Å². The Balaban J connectivity index is 1.65. The van der Waals surface area contributed by atoms with E-state index in [0.29, 0.717) is 11.1 Å². The lowest BCUT2D eigenvalue weighted by atomic mass is 10.2. The number of carbonyl (C=O) groups excluding carboxylic acids is 1. The second kappa shape index (κ2) is 7.65. The van der Waals surface area contributed by atoms with Crippen molar-refractivity contribution in [2.75, 3.05) is 13.1 Å². The zero-order chi connectivity index (χ0) is 17.1. The first kappa shape index (κ1) is 17.4. The van der Waals surface area contributed by atoms with Gasteiger partial charge in [-0.2, -0.15) is 0 Å². The first-order valence-electron chi connectivity index (χ1n) is 8.28. The molecule has 1 unspecified atom stereocenters. The Morgan fingerprint density at radius 3 is 2.54 bits per heavy atom. The van der Waals surface area contributed by atoms with Gasteiger partial charge in [-0.25, -0.2) is 4.98 Å². The summed E-state index contributed by atoms with van der Waals surface area (Å²) in [7, 11) is 0. The molecule has 1 aliphatic rings. The molecule has 1 fully saturated rings. The number of aryl methyl sites for hydroxylation is 2. The van der Waals surface area contributed by atoms with Crippen molar-refractivity contribution in [3.05, 3.63) is 10.7 Å². The van der Waals surface area contributed by atoms with Crippen molar-refractivity contribution >= 4 is 29.0 Å². The van der Waals surface area contributed by atoms with Crippen molar-refractivity contribution in [2.24, 2.45) is 0 Å². The number of carbonyl (C=O) groups is 1. The fourth-order valence-electron chi connectivity index (χ4n) is 2.83. The monoisotopic (exact) mass is 366 g/mol. The molecule has 1 aliphatic heterocycles. The molecule has 3 heterocycles. The molecular weight excluding hydrogens is 344 g/mol. The summed E-state index contributed by atoms with van der Waals surface area (Å²) in [5, 5.41) is 9.38. The van der Waals surface area contributed by atoms with Gasteiger partial charge in [0, 0.05) is 13.1 Å². The lowest BCUT2D eigenvalue weighted by molar-refractivity contribution is -0.130. The van der Waals surface area contributed by atoms with E-state index in [1.807, 2.05) is 25.7 Å². The van der Waals surface area contributed by atoms with Gasteiger partial charge in [0.2, 0.25) is 5.91 Å². The van der Waals surface area contributed by atoms with E-state index in [1.165, 1.54) is 35.9 Å². The first-order chi connectivity index (χ1) is 11.5. The largest absolute Gasteiger partial charge is 0.410 e. The van der Waals surface area contributed by atoms with Crippen molar-refractivity contribution in [2.45, 2.75) is 56.9 Å². The first-order valence-corrected chi connectivity index (χ1v) is 9.97. The van der Waals surface area contributed by atoms with Gasteiger partial charge in [0.25, 0.3) is 11.1 Å². The number of nitrogens with zero attached hydrogens (tertiary/aromatic N) is 4. The maximum atomic E-state index is 12.6. The predicted octanol–water partition coefficient (Wildman–Crippen LogP) is 3.69. The van der Waals surface area contributed by atoms with Crippen LogP contribution in [-0.4, -0.2) is 44.3 Å². The van der Waals surface area contributed by atoms with Gasteiger partial charge >= 0.3 is 0 Å². The molecule has 0 aromatic carbocycles. The van der Waals surface area contributed by atoms with Crippen LogP contribution in [0, 0.1) is 13.8 Å². The Labute approximate surface area is 150 Å². The van der Waals surface area contributed by atoms with Crippen LogP contribution in [-0.2, 0) is 4.79 Å². The molecule has 0 saturated carbocycles. The third kappa shape index (κ3) is 3.97. The van der Waals surface area contributed by atoms with E-state index in [-0.39, 0.29) is 11.2 Å². The summed E-state index contributed by atoms with van der Waals surface area (Å²) < 4.78 is 5.74. The normalized spacial score (nSPS) is 16.9. The average Bonchev–Trinajstić information content (AvgIpc) is 3.02. The van der Waals surface area contributed by atoms with E-state index in [2.05, 4.69) is 15.2 Å². The molecule has 1 amide bonds. The lowest BCUT2D eigenvalue weighted by Gasteiger charge is -2.23. The zero-order valence-electron chi connectivity index (χ0n) is 14.2. The minimum absolute atomic E-state index is 0.159. The molecule has 2 aromatic heterocycles. The van der Waals surface area contributed by atoms with Gasteiger partial charge in [-0.1, -0.05) is 24.6 Å². The van der Waals surface area contributed by atoms with Crippen LogP contribution in [0.5, 0.6) is 0 Å². The van der Waals surface area contributed by atoms with E-state index in [1.54, 1.807) is 0 Å². The number of aromatic nitrogens is 3. The molecule has 3 rings (SSSR count). The quantitative estimate of drug-likeness (QED) is 0.769. The molecule has 6 nitrogen and oxygen atoms in total. The van der Waals surface area contributed by atoms with Gasteiger partial charge in [-0.3, -0.25) is 4.79 Å². The molecule has 2 aromatic rings. The van der Waals surface area contributed by atoms with Gasteiger partial charge in [-0.05, 0) is 33.6 Å². The fourth-order valence-corrected chi connectivity index (χ4v) is 4.44. The van der Waals surface area contributed by atoms with Gasteiger partial charge in [0.05, 0.1) is 16.0 Å². The van der Waals surface area contributed by atoms with Crippen LogP contribution in [0.1, 0.15) is 43.3 Å². The second-order valence-corrected chi connectivity index (χ2v) is 8.52. The Morgan fingerprint density at radius 1 is 1.21 bits per heavy atom. The fraction of sp³-hybridized carbons (Fsp3) is 0.625. The van der Waals surface area contributed by atoms with E-state index < -0.39 is 0 Å². The highest BCUT2D eigenvalue weighted by molar-refractivity contribution is 8.00. The van der Waals surface area contributed by atoms with E-state index in [9.17, 15) is 4.79 Å². The summed E-state index contributed by atoms with van der Waals surface area (Å²) in [6, 6.07) is 0. The van der Waals surface area contributed by atoms with Gasteiger partial charge in [-0.15, -0.1) is 21.5 Å². The van der Waals surface area contributed by atoms with Crippen molar-refractivity contribution in [3.8, 4) is 10.8 Å². The molecule has 1 saturated heterocycles. The number of hydrogen-bond acceptors (Lipinski definition) is 7. The molecule has 130 valence electrons. The maximum absolute atomic E-state index is 12.6. The Bertz CT molecular complexity index is 705. The molecule has 0 spiro atoms. The minimum Gasteiger partial charge on any atom is -0.410 e. The topological polar surface area (TPSA) is 72.1 Å². The molecular formula is C16H22N4O2S2. The van der Waals surface area contributed by atoms with E-state index in [0.717, 1.165) is 41.5 Å². The summed E-state index contributed by atoms with van der Waals surface area (Å²) in [6.07, 6.45) is 4.62. The van der Waals surface area contributed by atoms with Gasteiger partial charge < -0.3 is 9.32 Å². The third-order valence-electron chi connectivity index (χ3n) is 4.05. The van der Waals surface area contributed by atoms with Crippen molar-refractivity contribution in [3.63, 3.8) is 0 Å². The minimum atomic E-state index is -0.222. The van der Waals surface area contributed by atoms with Crippen LogP contribution in [0.25, 0.3) is 10.8 Å². The highest BCUT2D eigenvalue weighted by Crippen LogP contribution is 2.32. The van der Waals surface area contributed by atoms with Crippen LogP contribution >= 0.6 is 23.1 Å². The number of thioether (sulfide) groups is 1. The summed E-state index contributed by atoms with van der Waals surface area (Å²) >= 11 is 2.87. The standard InChI is InChI=1S/C16H22N4O2S2/c1-10-13(24-12(3)17-10)14-18-19-16(22-14)23-11(2)15(21)20-8-6-4-5-7-9-20/h11H,4-9H2,1-3H3. The lowest BCUT2D eigenvalue weighted by Crippen LogP contribution is -2.37. The van der Waals surface area contributed by atoms with Crippen LogP contribution in [0.15, 0.2) is 9.64 Å². The van der Waals surface area contributed by atoms with Crippen LogP contribution in [0.4, 0.5) is 0 Å². The van der Waals surface area contributed by atoms with Crippen LogP contribution in [0.3, 0.4) is 0 Å². The maximum Gasteiger partial charge on any atom is 0.277 e. The number of thiazole rings is 1. The Hall–Kier alpha value is -1.41. The third-order valence-corrected chi connectivity index (χ3v) is 6.03. The van der Waals surface area contributed by atoms with E-state index in [4.69, 9.17) is 4.42 Å². The van der Waals surface area contributed by atoms with Crippen LogP contribution in [0.2, 0.25) is 0 Å². The second-order valence-electron chi connectivity index (χ2n) is 6.02. The highest BCUT2D eigenvalue weighted by Gasteiger charge is 2.25. The average molecular weight is 367 g/mol. The summed E-state index contributed by atoms with van der Waals surface area (Å²) in [5.41, 5.74) is 0.895. The molecule has 8 heteroatoms. The Kier molecular flexibility index (Phi) is 5.55. The predicted molar refractivity (Wildman–Crippen MR) is 95.2 cm³/mol. The number of amides is 1. The summed E-state index contributed by atoms with van der Waals surface area (Å²) in [6.45, 7) is 7.51. The number of rotatable bonds is 4. The van der Waals surface area contributed by atoms with E-state index >= 15 is 0 Å². The number of hydrogen-bond donors (Lipinski definition) is 0.